The van der Waals surface area contributed by atoms with Crippen LogP contribution in [0, 0.1) is 6.92 Å². The van der Waals surface area contributed by atoms with E-state index in [9.17, 15) is 5.11 Å². The molecule has 0 radical (unpaired) electrons. The monoisotopic (exact) mass is 334 g/mol. The van der Waals surface area contributed by atoms with Gasteiger partial charge in [-0.15, -0.1) is 0 Å². The number of para-hydroxylation sites is 1. The summed E-state index contributed by atoms with van der Waals surface area (Å²) in [6.07, 6.45) is 3.83. The van der Waals surface area contributed by atoms with Crippen LogP contribution >= 0.6 is 0 Å². The van der Waals surface area contributed by atoms with E-state index < -0.39 is 5.60 Å². The van der Waals surface area contributed by atoms with Crippen molar-refractivity contribution in [1.82, 2.24) is 9.47 Å². The minimum atomic E-state index is -0.678. The Labute approximate surface area is 149 Å². The number of aromatic nitrogens is 1. The predicted molar refractivity (Wildman–Crippen MR) is 103 cm³/mol. The zero-order valence-electron chi connectivity index (χ0n) is 15.1. The van der Waals surface area contributed by atoms with Gasteiger partial charge in [-0.05, 0) is 37.0 Å². The van der Waals surface area contributed by atoms with Gasteiger partial charge in [-0.3, -0.25) is 4.90 Å². The Balaban J connectivity index is 1.47. The first-order valence-corrected chi connectivity index (χ1v) is 9.10. The van der Waals surface area contributed by atoms with Crippen LogP contribution in [-0.2, 0) is 19.2 Å². The molecule has 0 aliphatic carbocycles. The molecule has 0 saturated carbocycles. The molecule has 3 nitrogen and oxygen atoms in total. The van der Waals surface area contributed by atoms with Gasteiger partial charge in [0.15, 0.2) is 0 Å². The van der Waals surface area contributed by atoms with Gasteiger partial charge in [0.25, 0.3) is 0 Å². The third-order valence-electron chi connectivity index (χ3n) is 5.65. The van der Waals surface area contributed by atoms with Crippen molar-refractivity contribution in [2.75, 3.05) is 13.1 Å². The van der Waals surface area contributed by atoms with Crippen molar-refractivity contribution >= 4 is 10.9 Å². The van der Waals surface area contributed by atoms with Gasteiger partial charge in [0.1, 0.15) is 0 Å². The summed E-state index contributed by atoms with van der Waals surface area (Å²) in [5.41, 5.74) is 4.27. The van der Waals surface area contributed by atoms with Gasteiger partial charge in [-0.1, -0.05) is 48.0 Å². The number of hydrogen-bond donors (Lipinski definition) is 1. The first kappa shape index (κ1) is 16.4. The second kappa shape index (κ2) is 6.32. The van der Waals surface area contributed by atoms with Crippen molar-refractivity contribution < 1.29 is 5.11 Å². The molecule has 1 aromatic heterocycles. The molecule has 1 saturated heterocycles. The fraction of sp³-hybridized carbons (Fsp3) is 0.364. The highest BCUT2D eigenvalue weighted by Crippen LogP contribution is 2.34. The third-order valence-corrected chi connectivity index (χ3v) is 5.65. The molecule has 2 heterocycles. The van der Waals surface area contributed by atoms with Crippen molar-refractivity contribution in [3.8, 4) is 0 Å². The van der Waals surface area contributed by atoms with E-state index in [1.54, 1.807) is 0 Å². The van der Waals surface area contributed by atoms with Crippen molar-refractivity contribution in [3.05, 3.63) is 71.4 Å². The second-order valence-electron chi connectivity index (χ2n) is 7.46. The number of rotatable bonds is 3. The molecule has 25 heavy (non-hydrogen) atoms. The van der Waals surface area contributed by atoms with Crippen LogP contribution in [0.1, 0.15) is 29.5 Å². The molecule has 0 bridgehead atoms. The summed E-state index contributed by atoms with van der Waals surface area (Å²) in [7, 11) is 2.11. The summed E-state index contributed by atoms with van der Waals surface area (Å²) >= 11 is 0. The number of hydrogen-bond acceptors (Lipinski definition) is 2. The number of likely N-dealkylation sites (tertiary alicyclic amines) is 1. The number of fused-ring (bicyclic) bond motifs is 1. The van der Waals surface area contributed by atoms with Gasteiger partial charge in [0.2, 0.25) is 0 Å². The molecule has 1 aliphatic rings. The standard InChI is InChI=1S/C22H26N2O/c1-17-7-9-19(10-8-17)22(25)11-13-24(14-12-22)16-18-15-23(2)21-6-4-3-5-20(18)21/h3-10,15,25H,11-14,16H2,1-2H3. The Hall–Kier alpha value is -2.10. The number of aryl methyl sites for hydroxylation is 2. The first-order chi connectivity index (χ1) is 12.0. The quantitative estimate of drug-likeness (QED) is 0.785. The number of piperidine rings is 1. The van der Waals surface area contributed by atoms with Gasteiger partial charge in [0, 0.05) is 43.8 Å². The summed E-state index contributed by atoms with van der Waals surface area (Å²) < 4.78 is 2.21. The molecular formula is C22H26N2O. The molecule has 1 N–H and O–H groups in total. The number of nitrogens with zero attached hydrogens (tertiary/aromatic N) is 2. The lowest BCUT2D eigenvalue weighted by atomic mass is 9.84. The average Bonchev–Trinajstić information content (AvgIpc) is 2.94. The molecule has 130 valence electrons. The Morgan fingerprint density at radius 2 is 1.68 bits per heavy atom. The van der Waals surface area contributed by atoms with E-state index in [1.807, 2.05) is 0 Å². The van der Waals surface area contributed by atoms with Crippen LogP contribution in [0.25, 0.3) is 10.9 Å². The van der Waals surface area contributed by atoms with E-state index in [0.29, 0.717) is 0 Å². The second-order valence-corrected chi connectivity index (χ2v) is 7.46. The van der Waals surface area contributed by atoms with Crippen LogP contribution in [0.3, 0.4) is 0 Å². The maximum Gasteiger partial charge on any atom is 0.0920 e. The average molecular weight is 334 g/mol. The zero-order valence-corrected chi connectivity index (χ0v) is 15.1. The van der Waals surface area contributed by atoms with Gasteiger partial charge < -0.3 is 9.67 Å². The highest BCUT2D eigenvalue weighted by Gasteiger charge is 2.33. The largest absolute Gasteiger partial charge is 0.385 e. The fourth-order valence-corrected chi connectivity index (χ4v) is 4.03. The van der Waals surface area contributed by atoms with Crippen LogP contribution in [-0.4, -0.2) is 27.7 Å². The lowest BCUT2D eigenvalue weighted by Crippen LogP contribution is -2.42. The molecule has 3 heteroatoms. The van der Waals surface area contributed by atoms with Crippen LogP contribution in [0.2, 0.25) is 0 Å². The van der Waals surface area contributed by atoms with Crippen LogP contribution in [0.15, 0.2) is 54.7 Å². The van der Waals surface area contributed by atoms with Crippen LogP contribution < -0.4 is 0 Å². The number of benzene rings is 2. The smallest absolute Gasteiger partial charge is 0.0920 e. The Bertz CT molecular complexity index is 871. The lowest BCUT2D eigenvalue weighted by molar-refractivity contribution is -0.0276. The maximum atomic E-state index is 11.1. The molecule has 0 atom stereocenters. The van der Waals surface area contributed by atoms with Crippen molar-refractivity contribution in [1.29, 1.82) is 0 Å². The van der Waals surface area contributed by atoms with E-state index >= 15 is 0 Å². The summed E-state index contributed by atoms with van der Waals surface area (Å²) in [6.45, 7) is 4.88. The van der Waals surface area contributed by atoms with E-state index in [2.05, 4.69) is 78.2 Å². The first-order valence-electron chi connectivity index (χ1n) is 9.10. The van der Waals surface area contributed by atoms with Crippen molar-refractivity contribution in [3.63, 3.8) is 0 Å². The summed E-state index contributed by atoms with van der Waals surface area (Å²) in [6, 6.07) is 16.9. The molecule has 4 rings (SSSR count). The molecule has 1 fully saturated rings. The topological polar surface area (TPSA) is 28.4 Å². The molecule has 0 spiro atoms. The lowest BCUT2D eigenvalue weighted by Gasteiger charge is -2.38. The zero-order chi connectivity index (χ0) is 17.4. The van der Waals surface area contributed by atoms with Gasteiger partial charge in [-0.25, -0.2) is 0 Å². The SMILES string of the molecule is Cc1ccc(C2(O)CCN(Cc3cn(C)c4ccccc34)CC2)cc1. The van der Waals surface area contributed by atoms with Crippen molar-refractivity contribution in [2.24, 2.45) is 7.05 Å². The van der Waals surface area contributed by atoms with Gasteiger partial charge in [0.05, 0.1) is 5.60 Å². The van der Waals surface area contributed by atoms with Gasteiger partial charge >= 0.3 is 0 Å². The van der Waals surface area contributed by atoms with E-state index in [1.165, 1.54) is 22.0 Å². The van der Waals surface area contributed by atoms with Crippen LogP contribution in [0.5, 0.6) is 0 Å². The Kier molecular flexibility index (Phi) is 4.14. The fourth-order valence-electron chi connectivity index (χ4n) is 4.03. The van der Waals surface area contributed by atoms with Crippen LogP contribution in [0.4, 0.5) is 0 Å². The predicted octanol–water partition coefficient (Wildman–Crippen LogP) is 3.97. The van der Waals surface area contributed by atoms with E-state index in [-0.39, 0.29) is 0 Å². The summed E-state index contributed by atoms with van der Waals surface area (Å²) in [4.78, 5) is 2.46. The van der Waals surface area contributed by atoms with Crippen molar-refractivity contribution in [2.45, 2.75) is 31.9 Å². The van der Waals surface area contributed by atoms with E-state index in [0.717, 1.165) is 38.0 Å². The molecule has 0 unspecified atom stereocenters. The highest BCUT2D eigenvalue weighted by molar-refractivity contribution is 5.83. The third kappa shape index (κ3) is 3.10. The maximum absolute atomic E-state index is 11.1. The number of aliphatic hydroxyl groups is 1. The van der Waals surface area contributed by atoms with E-state index in [4.69, 9.17) is 0 Å². The van der Waals surface area contributed by atoms with Gasteiger partial charge in [-0.2, -0.15) is 0 Å². The molecular weight excluding hydrogens is 308 g/mol. The molecule has 3 aromatic rings. The minimum absolute atomic E-state index is 0.678. The molecule has 0 amide bonds. The minimum Gasteiger partial charge on any atom is -0.385 e. The molecule has 1 aliphatic heterocycles. The Morgan fingerprint density at radius 3 is 2.40 bits per heavy atom. The molecule has 2 aromatic carbocycles. The Morgan fingerprint density at radius 1 is 1.00 bits per heavy atom. The summed E-state index contributed by atoms with van der Waals surface area (Å²) in [5.74, 6) is 0. The highest BCUT2D eigenvalue weighted by atomic mass is 16.3. The normalized spacial score (nSPS) is 17.9. The summed E-state index contributed by atoms with van der Waals surface area (Å²) in [5, 5.41) is 12.4.